The molecule has 2 rings (SSSR count). The molecule has 22 heavy (non-hydrogen) atoms. The lowest BCUT2D eigenvalue weighted by Gasteiger charge is -2.31. The van der Waals surface area contributed by atoms with Gasteiger partial charge < -0.3 is 10.4 Å². The predicted molar refractivity (Wildman–Crippen MR) is 85.6 cm³/mol. The summed E-state index contributed by atoms with van der Waals surface area (Å²) in [6, 6.07) is 6.02. The van der Waals surface area contributed by atoms with E-state index in [2.05, 4.69) is 5.32 Å². The number of hydrogen-bond acceptors (Lipinski definition) is 3. The first-order chi connectivity index (χ1) is 10.4. The second-order valence-corrected chi connectivity index (χ2v) is 6.58. The van der Waals surface area contributed by atoms with Crippen molar-refractivity contribution in [1.82, 2.24) is 5.32 Å². The van der Waals surface area contributed by atoms with Gasteiger partial charge >= 0.3 is 0 Å². The molecule has 6 heteroatoms. The Bertz CT molecular complexity index is 592. The zero-order chi connectivity index (χ0) is 16.2. The highest BCUT2D eigenvalue weighted by Gasteiger charge is 2.32. The van der Waals surface area contributed by atoms with Gasteiger partial charge in [-0.25, -0.2) is 0 Å². The Kier molecular flexibility index (Phi) is 5.69. The minimum atomic E-state index is -0.944. The van der Waals surface area contributed by atoms with Crippen LogP contribution in [0.4, 0.5) is 0 Å². The molecule has 1 atom stereocenters. The van der Waals surface area contributed by atoms with Gasteiger partial charge in [-0.3, -0.25) is 4.79 Å². The van der Waals surface area contributed by atoms with Gasteiger partial charge in [-0.15, -0.1) is 0 Å². The summed E-state index contributed by atoms with van der Waals surface area (Å²) in [6.45, 7) is 0. The van der Waals surface area contributed by atoms with Crippen LogP contribution >= 0.6 is 23.2 Å². The molecule has 0 spiro atoms. The van der Waals surface area contributed by atoms with Gasteiger partial charge in [0, 0.05) is 0 Å². The monoisotopic (exact) mass is 340 g/mol. The number of carbonyl (C=O) groups is 1. The Balaban J connectivity index is 2.02. The molecular formula is C16H18Cl2N2O2. The van der Waals surface area contributed by atoms with Gasteiger partial charge in [0.1, 0.15) is 6.04 Å². The van der Waals surface area contributed by atoms with E-state index < -0.39 is 11.6 Å². The molecule has 4 nitrogen and oxygen atoms in total. The topological polar surface area (TPSA) is 73.1 Å². The molecule has 0 aromatic heterocycles. The van der Waals surface area contributed by atoms with Gasteiger partial charge in [-0.05, 0) is 30.5 Å². The van der Waals surface area contributed by atoms with Crippen LogP contribution in [0.3, 0.4) is 0 Å². The smallest absolute Gasteiger partial charge is 0.224 e. The van der Waals surface area contributed by atoms with Crippen LogP contribution in [0.2, 0.25) is 10.0 Å². The predicted octanol–water partition coefficient (Wildman–Crippen LogP) is 3.76. The average molecular weight is 341 g/mol. The number of amides is 1. The van der Waals surface area contributed by atoms with Crippen molar-refractivity contribution < 1.29 is 9.90 Å². The first kappa shape index (κ1) is 17.1. The molecule has 0 aliphatic heterocycles. The largest absolute Gasteiger partial charge is 0.389 e. The summed E-state index contributed by atoms with van der Waals surface area (Å²) in [7, 11) is 0. The molecule has 1 fully saturated rings. The van der Waals surface area contributed by atoms with Crippen LogP contribution in [0.5, 0.6) is 0 Å². The Morgan fingerprint density at radius 2 is 2.00 bits per heavy atom. The molecule has 118 valence electrons. The number of carbonyl (C=O) groups excluding carboxylic acids is 1. The molecule has 0 radical (unpaired) electrons. The molecule has 1 aromatic rings. The van der Waals surface area contributed by atoms with Crippen LogP contribution in [-0.4, -0.2) is 16.6 Å². The highest BCUT2D eigenvalue weighted by Crippen LogP contribution is 2.31. The van der Waals surface area contributed by atoms with Gasteiger partial charge in [-0.2, -0.15) is 5.26 Å². The molecule has 1 aliphatic carbocycles. The molecule has 0 heterocycles. The third-order valence-corrected chi connectivity index (χ3v) is 4.72. The van der Waals surface area contributed by atoms with E-state index in [9.17, 15) is 15.2 Å². The van der Waals surface area contributed by atoms with E-state index in [0.717, 1.165) is 19.3 Å². The third kappa shape index (κ3) is 4.36. The Morgan fingerprint density at radius 3 is 2.59 bits per heavy atom. The van der Waals surface area contributed by atoms with Gasteiger partial charge in [0.15, 0.2) is 0 Å². The summed E-state index contributed by atoms with van der Waals surface area (Å²) in [5.41, 5.74) is -0.374. The van der Waals surface area contributed by atoms with Crippen molar-refractivity contribution in [2.75, 3.05) is 0 Å². The van der Waals surface area contributed by atoms with E-state index in [1.54, 1.807) is 18.2 Å². The molecule has 0 bridgehead atoms. The Labute approximate surface area is 140 Å². The van der Waals surface area contributed by atoms with Crippen molar-refractivity contribution in [3.05, 3.63) is 33.8 Å². The fourth-order valence-electron chi connectivity index (χ4n) is 2.78. The number of aliphatic hydroxyl groups is 1. The van der Waals surface area contributed by atoms with Crippen molar-refractivity contribution in [2.24, 2.45) is 0 Å². The standard InChI is InChI=1S/C16H18Cl2N2O2/c17-12-5-4-11(8-13(12)18)14(10-19)20-15(21)9-16(22)6-2-1-3-7-16/h4-5,8,14,22H,1-3,6-7,9H2,(H,20,21). The van der Waals surface area contributed by atoms with Crippen LogP contribution in [0.25, 0.3) is 0 Å². The number of nitriles is 1. The molecule has 1 amide bonds. The van der Waals surface area contributed by atoms with Gasteiger partial charge in [0.05, 0.1) is 28.1 Å². The van der Waals surface area contributed by atoms with Crippen molar-refractivity contribution >= 4 is 29.1 Å². The molecule has 1 unspecified atom stereocenters. The third-order valence-electron chi connectivity index (χ3n) is 3.99. The molecule has 1 saturated carbocycles. The lowest BCUT2D eigenvalue weighted by atomic mass is 9.82. The normalized spacial score (nSPS) is 18.3. The minimum absolute atomic E-state index is 0.0203. The summed E-state index contributed by atoms with van der Waals surface area (Å²) >= 11 is 11.8. The van der Waals surface area contributed by atoms with Crippen molar-refractivity contribution in [1.29, 1.82) is 5.26 Å². The SMILES string of the molecule is N#CC(NC(=O)CC1(O)CCCCC1)c1ccc(Cl)c(Cl)c1. The van der Waals surface area contributed by atoms with E-state index >= 15 is 0 Å². The average Bonchev–Trinajstić information content (AvgIpc) is 2.48. The summed E-state index contributed by atoms with van der Waals surface area (Å²) in [6.07, 6.45) is 4.23. The molecule has 1 aliphatic rings. The summed E-state index contributed by atoms with van der Waals surface area (Å²) < 4.78 is 0. The van der Waals surface area contributed by atoms with Crippen LogP contribution in [0, 0.1) is 11.3 Å². The number of nitrogens with zero attached hydrogens (tertiary/aromatic N) is 1. The van der Waals surface area contributed by atoms with Crippen LogP contribution in [0.15, 0.2) is 18.2 Å². The number of benzene rings is 1. The first-order valence-electron chi connectivity index (χ1n) is 7.30. The van der Waals surface area contributed by atoms with E-state index in [4.69, 9.17) is 23.2 Å². The van der Waals surface area contributed by atoms with E-state index in [0.29, 0.717) is 28.5 Å². The quantitative estimate of drug-likeness (QED) is 0.876. The summed E-state index contributed by atoms with van der Waals surface area (Å²) in [5.74, 6) is -0.331. The van der Waals surface area contributed by atoms with Crippen molar-refractivity contribution in [3.63, 3.8) is 0 Å². The van der Waals surface area contributed by atoms with Gasteiger partial charge in [-0.1, -0.05) is 48.5 Å². The van der Waals surface area contributed by atoms with Crippen LogP contribution < -0.4 is 5.32 Å². The zero-order valence-corrected chi connectivity index (χ0v) is 13.6. The fraction of sp³-hybridized carbons (Fsp3) is 0.500. The minimum Gasteiger partial charge on any atom is -0.389 e. The van der Waals surface area contributed by atoms with E-state index in [1.165, 1.54) is 0 Å². The fourth-order valence-corrected chi connectivity index (χ4v) is 3.09. The number of halogens is 2. The maximum atomic E-state index is 12.1. The zero-order valence-electron chi connectivity index (χ0n) is 12.1. The van der Waals surface area contributed by atoms with E-state index in [1.807, 2.05) is 6.07 Å². The summed E-state index contributed by atoms with van der Waals surface area (Å²) in [5, 5.41) is 23.0. The molecule has 0 saturated heterocycles. The van der Waals surface area contributed by atoms with Crippen molar-refractivity contribution in [2.45, 2.75) is 50.2 Å². The highest BCUT2D eigenvalue weighted by molar-refractivity contribution is 6.42. The second-order valence-electron chi connectivity index (χ2n) is 5.76. The maximum absolute atomic E-state index is 12.1. The number of nitrogens with one attached hydrogen (secondary N) is 1. The Morgan fingerprint density at radius 1 is 1.32 bits per heavy atom. The molecular weight excluding hydrogens is 323 g/mol. The molecule has 1 aromatic carbocycles. The van der Waals surface area contributed by atoms with Crippen molar-refractivity contribution in [3.8, 4) is 6.07 Å². The first-order valence-corrected chi connectivity index (χ1v) is 8.05. The lowest BCUT2D eigenvalue weighted by Crippen LogP contribution is -2.39. The highest BCUT2D eigenvalue weighted by atomic mass is 35.5. The van der Waals surface area contributed by atoms with Gasteiger partial charge in [0.2, 0.25) is 5.91 Å². The number of hydrogen-bond donors (Lipinski definition) is 2. The number of rotatable bonds is 4. The second kappa shape index (κ2) is 7.32. The van der Waals surface area contributed by atoms with Crippen LogP contribution in [-0.2, 0) is 4.79 Å². The summed E-state index contributed by atoms with van der Waals surface area (Å²) in [4.78, 5) is 12.1. The van der Waals surface area contributed by atoms with Gasteiger partial charge in [0.25, 0.3) is 0 Å². The molecule has 2 N–H and O–H groups in total. The van der Waals surface area contributed by atoms with Crippen LogP contribution in [0.1, 0.15) is 50.1 Å². The maximum Gasteiger partial charge on any atom is 0.224 e. The Hall–Kier alpha value is -1.28. The van der Waals surface area contributed by atoms with E-state index in [-0.39, 0.29) is 12.3 Å². The lowest BCUT2D eigenvalue weighted by molar-refractivity contribution is -0.127.